The Hall–Kier alpha value is -0.340. The van der Waals surface area contributed by atoms with Crippen LogP contribution >= 0.6 is 11.3 Å². The molecule has 2 saturated carbocycles. The van der Waals surface area contributed by atoms with Crippen molar-refractivity contribution in [3.05, 3.63) is 22.4 Å². The van der Waals surface area contributed by atoms with E-state index in [4.69, 9.17) is 0 Å². The van der Waals surface area contributed by atoms with Crippen LogP contribution in [0.25, 0.3) is 0 Å². The molecule has 1 aromatic rings. The summed E-state index contributed by atoms with van der Waals surface area (Å²) in [6.45, 7) is 2.32. The summed E-state index contributed by atoms with van der Waals surface area (Å²) < 4.78 is 0. The van der Waals surface area contributed by atoms with Crippen molar-refractivity contribution in [1.82, 2.24) is 5.32 Å². The van der Waals surface area contributed by atoms with Crippen molar-refractivity contribution in [3.63, 3.8) is 0 Å². The minimum Gasteiger partial charge on any atom is -0.306 e. The van der Waals surface area contributed by atoms with Gasteiger partial charge in [0.1, 0.15) is 0 Å². The van der Waals surface area contributed by atoms with Crippen LogP contribution in [0.2, 0.25) is 0 Å². The Kier molecular flexibility index (Phi) is 3.27. The van der Waals surface area contributed by atoms with E-state index in [2.05, 4.69) is 29.8 Å². The van der Waals surface area contributed by atoms with Gasteiger partial charge >= 0.3 is 0 Å². The molecule has 2 fully saturated rings. The largest absolute Gasteiger partial charge is 0.306 e. The molecule has 0 bridgehead atoms. The summed E-state index contributed by atoms with van der Waals surface area (Å²) in [5.74, 6) is 0. The van der Waals surface area contributed by atoms with E-state index in [0.717, 1.165) is 6.04 Å². The first-order valence-corrected chi connectivity index (χ1v) is 7.98. The van der Waals surface area contributed by atoms with Crippen LogP contribution in [0.1, 0.15) is 62.8 Å². The van der Waals surface area contributed by atoms with Crippen molar-refractivity contribution < 1.29 is 0 Å². The Morgan fingerprint density at radius 2 is 2.12 bits per heavy atom. The third-order valence-electron chi connectivity index (χ3n) is 4.94. The third kappa shape index (κ3) is 2.17. The van der Waals surface area contributed by atoms with Crippen molar-refractivity contribution in [2.45, 2.75) is 64.0 Å². The maximum absolute atomic E-state index is 3.89. The van der Waals surface area contributed by atoms with Gasteiger partial charge in [-0.15, -0.1) is 11.3 Å². The van der Waals surface area contributed by atoms with Gasteiger partial charge in [0, 0.05) is 17.0 Å². The lowest BCUT2D eigenvalue weighted by atomic mass is 9.57. The number of hydrogen-bond donors (Lipinski definition) is 1. The molecule has 1 nitrogen and oxygen atoms in total. The predicted octanol–water partition coefficient (Wildman–Crippen LogP) is 4.51. The highest BCUT2D eigenvalue weighted by Gasteiger charge is 2.46. The summed E-state index contributed by atoms with van der Waals surface area (Å²) in [5, 5.41) is 6.07. The van der Waals surface area contributed by atoms with Crippen molar-refractivity contribution in [3.8, 4) is 0 Å². The van der Waals surface area contributed by atoms with Crippen molar-refractivity contribution in [2.75, 3.05) is 0 Å². The normalized spacial score (nSPS) is 28.9. The van der Waals surface area contributed by atoms with E-state index < -0.39 is 0 Å². The Morgan fingerprint density at radius 3 is 2.71 bits per heavy atom. The summed E-state index contributed by atoms with van der Waals surface area (Å²) >= 11 is 1.88. The second-order valence-electron chi connectivity index (χ2n) is 5.92. The zero-order chi connectivity index (χ0) is 11.7. The first-order chi connectivity index (χ1) is 8.30. The van der Waals surface area contributed by atoms with Gasteiger partial charge in [-0.3, -0.25) is 0 Å². The van der Waals surface area contributed by atoms with E-state index in [1.807, 2.05) is 11.3 Å². The molecule has 94 valence electrons. The highest BCUT2D eigenvalue weighted by atomic mass is 32.1. The van der Waals surface area contributed by atoms with E-state index in [1.54, 1.807) is 0 Å². The molecule has 17 heavy (non-hydrogen) atoms. The van der Waals surface area contributed by atoms with Gasteiger partial charge in [0.15, 0.2) is 0 Å². The molecule has 1 N–H and O–H groups in total. The molecule has 2 unspecified atom stereocenters. The molecular weight excluding hydrogens is 226 g/mol. The minimum absolute atomic E-state index is 0.541. The molecule has 0 aromatic carbocycles. The lowest BCUT2D eigenvalue weighted by Crippen LogP contribution is -2.54. The fourth-order valence-electron chi connectivity index (χ4n) is 3.73. The Bertz CT molecular complexity index is 351. The molecular formula is C15H23NS. The van der Waals surface area contributed by atoms with E-state index >= 15 is 0 Å². The van der Waals surface area contributed by atoms with Crippen LogP contribution in [-0.2, 0) is 0 Å². The molecule has 0 radical (unpaired) electrons. The van der Waals surface area contributed by atoms with Gasteiger partial charge in [-0.2, -0.15) is 0 Å². The maximum Gasteiger partial charge on any atom is 0.0388 e. The molecule has 0 saturated heterocycles. The lowest BCUT2D eigenvalue weighted by Gasteiger charge is -2.53. The molecule has 0 amide bonds. The molecule has 0 aliphatic heterocycles. The summed E-state index contributed by atoms with van der Waals surface area (Å²) in [6.07, 6.45) is 10.2. The second kappa shape index (κ2) is 4.74. The predicted molar refractivity (Wildman–Crippen MR) is 74.4 cm³/mol. The molecule has 2 aliphatic rings. The molecule has 1 heterocycles. The highest BCUT2D eigenvalue weighted by molar-refractivity contribution is 7.10. The summed E-state index contributed by atoms with van der Waals surface area (Å²) in [5.41, 5.74) is 0.684. The summed E-state index contributed by atoms with van der Waals surface area (Å²) in [7, 11) is 0. The lowest BCUT2D eigenvalue weighted by molar-refractivity contribution is 0.0177. The topological polar surface area (TPSA) is 12.0 Å². The van der Waals surface area contributed by atoms with Crippen LogP contribution in [0.5, 0.6) is 0 Å². The molecule has 2 atom stereocenters. The maximum atomic E-state index is 3.89. The zero-order valence-corrected chi connectivity index (χ0v) is 11.6. The molecule has 2 aliphatic carbocycles. The monoisotopic (exact) mass is 249 g/mol. The van der Waals surface area contributed by atoms with Gasteiger partial charge in [-0.05, 0) is 49.5 Å². The third-order valence-corrected chi connectivity index (χ3v) is 6.00. The van der Waals surface area contributed by atoms with Gasteiger partial charge in [0.2, 0.25) is 0 Å². The number of nitrogens with one attached hydrogen (secondary N) is 1. The van der Waals surface area contributed by atoms with Crippen LogP contribution in [-0.4, -0.2) is 6.04 Å². The molecule has 2 heteroatoms. The number of thiophene rings is 1. The molecule has 1 aromatic heterocycles. The van der Waals surface area contributed by atoms with E-state index in [1.165, 1.54) is 49.8 Å². The van der Waals surface area contributed by atoms with Crippen molar-refractivity contribution >= 4 is 11.3 Å². The van der Waals surface area contributed by atoms with E-state index in [-0.39, 0.29) is 0 Å². The molecule has 1 spiro atoms. The standard InChI is InChI=1S/C15H23NS/c1-12(13-6-5-11-17-13)16-14-7-10-15(14)8-3-2-4-9-15/h5-6,11-12,14,16H,2-4,7-10H2,1H3. The van der Waals surface area contributed by atoms with Crippen molar-refractivity contribution in [2.24, 2.45) is 5.41 Å². The average Bonchev–Trinajstić information content (AvgIpc) is 2.89. The Labute approximate surface area is 109 Å². The van der Waals surface area contributed by atoms with E-state index in [0.29, 0.717) is 11.5 Å². The van der Waals surface area contributed by atoms with Gasteiger partial charge in [-0.25, -0.2) is 0 Å². The van der Waals surface area contributed by atoms with Gasteiger partial charge < -0.3 is 5.32 Å². The minimum atomic E-state index is 0.541. The van der Waals surface area contributed by atoms with Crippen molar-refractivity contribution in [1.29, 1.82) is 0 Å². The average molecular weight is 249 g/mol. The van der Waals surface area contributed by atoms with Crippen LogP contribution in [0.4, 0.5) is 0 Å². The first-order valence-electron chi connectivity index (χ1n) is 7.10. The SMILES string of the molecule is CC(NC1CCC12CCCCC2)c1cccs1. The number of rotatable bonds is 3. The highest BCUT2D eigenvalue weighted by Crippen LogP contribution is 2.52. The summed E-state index contributed by atoms with van der Waals surface area (Å²) in [6, 6.07) is 5.75. The fraction of sp³-hybridized carbons (Fsp3) is 0.733. The first kappa shape index (κ1) is 11.7. The van der Waals surface area contributed by atoms with Crippen LogP contribution in [0.15, 0.2) is 17.5 Å². The van der Waals surface area contributed by atoms with Gasteiger partial charge in [0.25, 0.3) is 0 Å². The molecule has 3 rings (SSSR count). The Morgan fingerprint density at radius 1 is 1.29 bits per heavy atom. The van der Waals surface area contributed by atoms with Crippen LogP contribution < -0.4 is 5.32 Å². The number of hydrogen-bond acceptors (Lipinski definition) is 2. The summed E-state index contributed by atoms with van der Waals surface area (Å²) in [4.78, 5) is 1.49. The van der Waals surface area contributed by atoms with E-state index in [9.17, 15) is 0 Å². The van der Waals surface area contributed by atoms with Gasteiger partial charge in [-0.1, -0.05) is 25.3 Å². The van der Waals surface area contributed by atoms with Gasteiger partial charge in [0.05, 0.1) is 0 Å². The second-order valence-corrected chi connectivity index (χ2v) is 6.90. The van der Waals surface area contributed by atoms with Crippen LogP contribution in [0, 0.1) is 5.41 Å². The fourth-order valence-corrected chi connectivity index (χ4v) is 4.48. The zero-order valence-electron chi connectivity index (χ0n) is 10.7. The quantitative estimate of drug-likeness (QED) is 0.831. The van der Waals surface area contributed by atoms with Crippen LogP contribution in [0.3, 0.4) is 0 Å². The Balaban J connectivity index is 1.62. The smallest absolute Gasteiger partial charge is 0.0388 e.